The van der Waals surface area contributed by atoms with Crippen LogP contribution in [0.2, 0.25) is 0 Å². The van der Waals surface area contributed by atoms with Gasteiger partial charge in [0, 0.05) is 40.2 Å². The largest absolute Gasteiger partial charge is 0.383 e. The molecular weight excluding hydrogens is 312 g/mol. The summed E-state index contributed by atoms with van der Waals surface area (Å²) in [6.07, 6.45) is 1.77. The summed E-state index contributed by atoms with van der Waals surface area (Å²) in [6.45, 7) is 2.95. The van der Waals surface area contributed by atoms with Crippen LogP contribution in [0, 0.1) is 0 Å². The third-order valence-electron chi connectivity index (χ3n) is 4.59. The number of carbonyl (C=O) groups is 1. The molecule has 0 saturated carbocycles. The minimum absolute atomic E-state index is 0.164. The number of benzene rings is 2. The average molecular weight is 338 g/mol. The number of hydrogen-bond donors (Lipinski definition) is 2. The number of anilines is 4. The second-order valence-corrected chi connectivity index (χ2v) is 6.37. The first-order chi connectivity index (χ1) is 12.2. The molecule has 4 rings (SSSR count). The molecule has 2 aliphatic rings. The van der Waals surface area contributed by atoms with Crippen LogP contribution in [-0.2, 0) is 4.79 Å². The van der Waals surface area contributed by atoms with Gasteiger partial charge in [-0.2, -0.15) is 0 Å². The van der Waals surface area contributed by atoms with Crippen LogP contribution in [0.15, 0.2) is 48.5 Å². The molecule has 0 spiro atoms. The van der Waals surface area contributed by atoms with Crippen molar-refractivity contribution in [2.45, 2.75) is 12.8 Å². The highest BCUT2D eigenvalue weighted by molar-refractivity contribution is 5.97. The van der Waals surface area contributed by atoms with Crippen molar-refractivity contribution in [3.8, 4) is 0 Å². The van der Waals surface area contributed by atoms with Crippen molar-refractivity contribution in [2.24, 2.45) is 0 Å². The standard InChI is InChI=1S/C10H12N2O.C10H14N2/c1-12-9-5-3-2-4-8(9)11-7-6-10(12)13;1-12-8-4-7-11-9-5-2-3-6-10(9)12/h2-5,11H,6-7H2,1H3;2-3,5-6,11H,4,7-8H2,1H3. The number of amides is 1. The molecule has 0 aromatic heterocycles. The molecule has 2 heterocycles. The molecule has 0 bridgehead atoms. The smallest absolute Gasteiger partial charge is 0.228 e. The van der Waals surface area contributed by atoms with E-state index in [1.807, 2.05) is 31.3 Å². The van der Waals surface area contributed by atoms with E-state index in [4.69, 9.17) is 0 Å². The van der Waals surface area contributed by atoms with Gasteiger partial charge in [-0.05, 0) is 30.7 Å². The van der Waals surface area contributed by atoms with Gasteiger partial charge in [-0.3, -0.25) is 4.79 Å². The molecule has 5 nitrogen and oxygen atoms in total. The minimum Gasteiger partial charge on any atom is -0.383 e. The van der Waals surface area contributed by atoms with Gasteiger partial charge in [0.05, 0.1) is 22.7 Å². The van der Waals surface area contributed by atoms with Crippen LogP contribution in [0.4, 0.5) is 22.7 Å². The van der Waals surface area contributed by atoms with Crippen LogP contribution in [-0.4, -0.2) is 39.6 Å². The van der Waals surface area contributed by atoms with Gasteiger partial charge >= 0.3 is 0 Å². The van der Waals surface area contributed by atoms with Gasteiger partial charge in [0.2, 0.25) is 5.91 Å². The van der Waals surface area contributed by atoms with Crippen molar-refractivity contribution in [1.82, 2.24) is 0 Å². The Bertz CT molecular complexity index is 731. The monoisotopic (exact) mass is 338 g/mol. The van der Waals surface area contributed by atoms with Gasteiger partial charge in [0.15, 0.2) is 0 Å². The van der Waals surface area contributed by atoms with E-state index >= 15 is 0 Å². The van der Waals surface area contributed by atoms with E-state index in [0.29, 0.717) is 6.42 Å². The molecule has 0 unspecified atom stereocenters. The van der Waals surface area contributed by atoms with Crippen molar-refractivity contribution in [1.29, 1.82) is 0 Å². The molecule has 2 N–H and O–H groups in total. The fourth-order valence-corrected chi connectivity index (χ4v) is 3.14. The van der Waals surface area contributed by atoms with E-state index < -0.39 is 0 Å². The fourth-order valence-electron chi connectivity index (χ4n) is 3.14. The fraction of sp³-hybridized carbons (Fsp3) is 0.350. The van der Waals surface area contributed by atoms with Crippen molar-refractivity contribution < 1.29 is 4.79 Å². The van der Waals surface area contributed by atoms with E-state index in [9.17, 15) is 4.79 Å². The molecule has 2 aromatic rings. The lowest BCUT2D eigenvalue weighted by Gasteiger charge is -2.17. The molecule has 0 saturated heterocycles. The molecule has 2 aliphatic heterocycles. The molecule has 5 heteroatoms. The summed E-state index contributed by atoms with van der Waals surface area (Å²) in [7, 11) is 3.96. The SMILES string of the molecule is CN1C(=O)CCNc2ccccc21.CN1CCCNc2ccccc21. The predicted octanol–water partition coefficient (Wildman–Crippen LogP) is 3.40. The van der Waals surface area contributed by atoms with Crippen LogP contribution < -0.4 is 20.4 Å². The number of carbonyl (C=O) groups excluding carboxylic acids is 1. The van der Waals surface area contributed by atoms with E-state index in [0.717, 1.165) is 31.0 Å². The van der Waals surface area contributed by atoms with Crippen LogP contribution in [0.3, 0.4) is 0 Å². The second-order valence-electron chi connectivity index (χ2n) is 6.37. The Morgan fingerprint density at radius 2 is 1.44 bits per heavy atom. The topological polar surface area (TPSA) is 47.6 Å². The first kappa shape index (κ1) is 17.1. The maximum Gasteiger partial charge on any atom is 0.228 e. The Morgan fingerprint density at radius 3 is 2.20 bits per heavy atom. The lowest BCUT2D eigenvalue weighted by Crippen LogP contribution is -2.25. The number of nitrogens with one attached hydrogen (secondary N) is 2. The number of para-hydroxylation sites is 4. The van der Waals surface area contributed by atoms with E-state index in [-0.39, 0.29) is 5.91 Å². The zero-order valence-corrected chi connectivity index (χ0v) is 15.0. The minimum atomic E-state index is 0.164. The summed E-state index contributed by atoms with van der Waals surface area (Å²) in [5.74, 6) is 0.164. The van der Waals surface area contributed by atoms with Crippen LogP contribution in [0.25, 0.3) is 0 Å². The van der Waals surface area contributed by atoms with Crippen LogP contribution in [0.5, 0.6) is 0 Å². The lowest BCUT2D eigenvalue weighted by molar-refractivity contribution is -0.118. The molecular formula is C20H26N4O. The number of hydrogen-bond acceptors (Lipinski definition) is 4. The zero-order valence-electron chi connectivity index (χ0n) is 15.0. The van der Waals surface area contributed by atoms with Crippen molar-refractivity contribution in [3.63, 3.8) is 0 Å². The van der Waals surface area contributed by atoms with Gasteiger partial charge in [-0.15, -0.1) is 0 Å². The highest BCUT2D eigenvalue weighted by atomic mass is 16.2. The van der Waals surface area contributed by atoms with Gasteiger partial charge in [0.25, 0.3) is 0 Å². The lowest BCUT2D eigenvalue weighted by atomic mass is 10.2. The van der Waals surface area contributed by atoms with Gasteiger partial charge in [-0.1, -0.05) is 24.3 Å². The van der Waals surface area contributed by atoms with Gasteiger partial charge < -0.3 is 20.4 Å². The highest BCUT2D eigenvalue weighted by Crippen LogP contribution is 2.27. The quantitative estimate of drug-likeness (QED) is 0.773. The first-order valence-electron chi connectivity index (χ1n) is 8.80. The molecule has 25 heavy (non-hydrogen) atoms. The average Bonchev–Trinajstić information content (AvgIpc) is 2.92. The Morgan fingerprint density at radius 1 is 0.840 bits per heavy atom. The van der Waals surface area contributed by atoms with E-state index in [1.165, 1.54) is 17.8 Å². The second kappa shape index (κ2) is 7.92. The Balaban J connectivity index is 0.000000146. The van der Waals surface area contributed by atoms with Gasteiger partial charge in [0.1, 0.15) is 0 Å². The summed E-state index contributed by atoms with van der Waals surface area (Å²) < 4.78 is 0. The summed E-state index contributed by atoms with van der Waals surface area (Å²) in [6, 6.07) is 16.3. The normalized spacial score (nSPS) is 16.2. The van der Waals surface area contributed by atoms with Crippen LogP contribution in [0.1, 0.15) is 12.8 Å². The van der Waals surface area contributed by atoms with E-state index in [1.54, 1.807) is 4.90 Å². The Hall–Kier alpha value is -2.69. The molecule has 1 amide bonds. The molecule has 0 atom stereocenters. The zero-order chi connectivity index (χ0) is 17.6. The number of nitrogens with zero attached hydrogens (tertiary/aromatic N) is 2. The third-order valence-corrected chi connectivity index (χ3v) is 4.59. The van der Waals surface area contributed by atoms with Crippen LogP contribution >= 0.6 is 0 Å². The summed E-state index contributed by atoms with van der Waals surface area (Å²) in [4.78, 5) is 15.5. The van der Waals surface area contributed by atoms with Crippen molar-refractivity contribution in [3.05, 3.63) is 48.5 Å². The number of fused-ring (bicyclic) bond motifs is 2. The maximum atomic E-state index is 11.5. The third kappa shape index (κ3) is 4.05. The number of rotatable bonds is 0. The predicted molar refractivity (Wildman–Crippen MR) is 106 cm³/mol. The molecule has 2 aromatic carbocycles. The Labute approximate surface area is 149 Å². The molecule has 132 valence electrons. The van der Waals surface area contributed by atoms with Gasteiger partial charge in [-0.25, -0.2) is 0 Å². The first-order valence-corrected chi connectivity index (χ1v) is 8.80. The summed E-state index contributed by atoms with van der Waals surface area (Å²) >= 11 is 0. The van der Waals surface area contributed by atoms with E-state index in [2.05, 4.69) is 46.8 Å². The molecule has 0 fully saturated rings. The summed E-state index contributed by atoms with van der Waals surface area (Å²) in [5.41, 5.74) is 4.58. The molecule has 0 radical (unpaired) electrons. The van der Waals surface area contributed by atoms with Crippen molar-refractivity contribution in [2.75, 3.05) is 54.2 Å². The van der Waals surface area contributed by atoms with Crippen molar-refractivity contribution >= 4 is 28.7 Å². The summed E-state index contributed by atoms with van der Waals surface area (Å²) in [5, 5.41) is 6.64. The Kier molecular flexibility index (Phi) is 5.43. The molecule has 0 aliphatic carbocycles. The maximum absolute atomic E-state index is 11.5. The highest BCUT2D eigenvalue weighted by Gasteiger charge is 2.17.